The monoisotopic (exact) mass is 266 g/mol. The van der Waals surface area contributed by atoms with Crippen molar-refractivity contribution in [3.05, 3.63) is 0 Å². The van der Waals surface area contributed by atoms with Gasteiger partial charge >= 0.3 is 0 Å². The number of hydrogen-bond donors (Lipinski definition) is 1. The van der Waals surface area contributed by atoms with E-state index in [1.54, 1.807) is 0 Å². The van der Waals surface area contributed by atoms with Gasteiger partial charge in [-0.2, -0.15) is 0 Å². The van der Waals surface area contributed by atoms with Gasteiger partial charge in [0, 0.05) is 13.1 Å². The molecule has 0 aliphatic carbocycles. The van der Waals surface area contributed by atoms with Crippen molar-refractivity contribution in [2.24, 2.45) is 11.8 Å². The van der Waals surface area contributed by atoms with Gasteiger partial charge in [0.2, 0.25) is 0 Å². The summed E-state index contributed by atoms with van der Waals surface area (Å²) in [4.78, 5) is 2.58. The van der Waals surface area contributed by atoms with Crippen LogP contribution in [-0.4, -0.2) is 35.6 Å². The number of piperidine rings is 2. The van der Waals surface area contributed by atoms with Gasteiger partial charge in [0.1, 0.15) is 0 Å². The molecule has 0 aromatic heterocycles. The minimum atomic E-state index is 0.942. The highest BCUT2D eigenvalue weighted by Crippen LogP contribution is 2.24. The summed E-state index contributed by atoms with van der Waals surface area (Å²) < 4.78 is 1.21. The van der Waals surface area contributed by atoms with Crippen molar-refractivity contribution in [1.82, 2.24) is 10.2 Å². The second kappa shape index (κ2) is 3.58. The predicted molar refractivity (Wildman–Crippen MR) is 54.9 cm³/mol. The molecular formula is C8H15IN2. The Morgan fingerprint density at radius 1 is 1.27 bits per heavy atom. The number of fused-ring (bicyclic) bond motifs is 2. The van der Waals surface area contributed by atoms with E-state index < -0.39 is 0 Å². The molecule has 1 N–H and O–H groups in total. The molecule has 0 saturated carbocycles. The molecule has 2 fully saturated rings. The van der Waals surface area contributed by atoms with Crippen LogP contribution in [0.4, 0.5) is 0 Å². The average molecular weight is 266 g/mol. The van der Waals surface area contributed by atoms with Crippen LogP contribution in [0.15, 0.2) is 0 Å². The van der Waals surface area contributed by atoms with Gasteiger partial charge in [0.15, 0.2) is 0 Å². The lowest BCUT2D eigenvalue weighted by Gasteiger charge is -2.40. The van der Waals surface area contributed by atoms with Crippen LogP contribution in [0.2, 0.25) is 0 Å². The molecule has 2 rings (SSSR count). The number of hydrogen-bond acceptors (Lipinski definition) is 2. The van der Waals surface area contributed by atoms with Gasteiger partial charge in [-0.25, -0.2) is 0 Å². The fraction of sp³-hybridized carbons (Fsp3) is 1.00. The molecule has 0 aromatic carbocycles. The van der Waals surface area contributed by atoms with Gasteiger partial charge < -0.3 is 5.32 Å². The van der Waals surface area contributed by atoms with E-state index in [9.17, 15) is 0 Å². The Hall–Kier alpha value is 0.650. The van der Waals surface area contributed by atoms with Crippen LogP contribution in [0.25, 0.3) is 0 Å². The third kappa shape index (κ3) is 1.87. The van der Waals surface area contributed by atoms with E-state index in [2.05, 4.69) is 32.8 Å². The van der Waals surface area contributed by atoms with Gasteiger partial charge in [-0.05, 0) is 31.3 Å². The Balaban J connectivity index is 1.94. The molecule has 2 aliphatic rings. The number of nitrogens with zero attached hydrogens (tertiary/aromatic N) is 1. The van der Waals surface area contributed by atoms with Gasteiger partial charge in [-0.15, -0.1) is 0 Å². The zero-order valence-corrected chi connectivity index (χ0v) is 8.88. The number of likely N-dealkylation sites (tertiary alicyclic amines) is 1. The molecule has 2 saturated heterocycles. The van der Waals surface area contributed by atoms with E-state index in [1.165, 1.54) is 37.2 Å². The van der Waals surface area contributed by atoms with Crippen LogP contribution in [0.1, 0.15) is 6.42 Å². The van der Waals surface area contributed by atoms with E-state index in [1.807, 2.05) is 0 Å². The zero-order valence-electron chi connectivity index (χ0n) is 6.72. The fourth-order valence-electron chi connectivity index (χ4n) is 2.31. The van der Waals surface area contributed by atoms with Crippen LogP contribution in [0.3, 0.4) is 0 Å². The van der Waals surface area contributed by atoms with Crippen LogP contribution < -0.4 is 5.32 Å². The topological polar surface area (TPSA) is 15.3 Å². The first-order valence-corrected chi connectivity index (χ1v) is 5.90. The Bertz CT molecular complexity index is 128. The van der Waals surface area contributed by atoms with Gasteiger partial charge in [-0.1, -0.05) is 22.6 Å². The maximum Gasteiger partial charge on any atom is 0.0505 e. The van der Waals surface area contributed by atoms with Crippen molar-refractivity contribution < 1.29 is 0 Å². The third-order valence-corrected chi connectivity index (χ3v) is 3.70. The quantitative estimate of drug-likeness (QED) is 0.431. The molecule has 2 bridgehead atoms. The molecule has 2 heterocycles. The Labute approximate surface area is 81.9 Å². The molecule has 11 heavy (non-hydrogen) atoms. The van der Waals surface area contributed by atoms with Crippen molar-refractivity contribution in [2.45, 2.75) is 6.42 Å². The summed E-state index contributed by atoms with van der Waals surface area (Å²) in [5.41, 5.74) is 0. The standard InChI is InChI=1S/C8H15IN2/c9-6-11-4-7-1-8(5-11)3-10-2-7/h7-8,10H,1-6H2. The molecule has 0 radical (unpaired) electrons. The number of nitrogens with one attached hydrogen (secondary N) is 1. The van der Waals surface area contributed by atoms with E-state index in [4.69, 9.17) is 0 Å². The molecule has 0 spiro atoms. The molecule has 3 heteroatoms. The summed E-state index contributed by atoms with van der Waals surface area (Å²) in [7, 11) is 0. The molecule has 0 amide bonds. The summed E-state index contributed by atoms with van der Waals surface area (Å²) >= 11 is 2.47. The normalized spacial score (nSPS) is 39.0. The number of rotatable bonds is 1. The molecular weight excluding hydrogens is 251 g/mol. The zero-order chi connectivity index (χ0) is 7.68. The van der Waals surface area contributed by atoms with E-state index in [-0.39, 0.29) is 0 Å². The summed E-state index contributed by atoms with van der Waals surface area (Å²) in [5, 5.41) is 3.50. The highest BCUT2D eigenvalue weighted by atomic mass is 127. The lowest BCUT2D eigenvalue weighted by Crippen LogP contribution is -2.50. The van der Waals surface area contributed by atoms with Crippen LogP contribution in [0.5, 0.6) is 0 Å². The second-order valence-electron chi connectivity index (χ2n) is 3.78. The van der Waals surface area contributed by atoms with E-state index >= 15 is 0 Å². The van der Waals surface area contributed by atoms with Crippen molar-refractivity contribution in [3.63, 3.8) is 0 Å². The summed E-state index contributed by atoms with van der Waals surface area (Å²) in [6.07, 6.45) is 1.47. The summed E-state index contributed by atoms with van der Waals surface area (Å²) in [6.45, 7) is 5.16. The molecule has 2 nitrogen and oxygen atoms in total. The van der Waals surface area contributed by atoms with Crippen molar-refractivity contribution in [2.75, 3.05) is 30.7 Å². The van der Waals surface area contributed by atoms with Crippen molar-refractivity contribution >= 4 is 22.6 Å². The van der Waals surface area contributed by atoms with Gasteiger partial charge in [0.25, 0.3) is 0 Å². The Kier molecular flexibility index (Phi) is 2.69. The van der Waals surface area contributed by atoms with Crippen molar-refractivity contribution in [1.29, 1.82) is 0 Å². The largest absolute Gasteiger partial charge is 0.316 e. The molecule has 64 valence electrons. The Morgan fingerprint density at radius 2 is 1.91 bits per heavy atom. The molecule has 2 unspecified atom stereocenters. The van der Waals surface area contributed by atoms with Crippen LogP contribution in [0, 0.1) is 11.8 Å². The number of halogens is 1. The van der Waals surface area contributed by atoms with Crippen LogP contribution >= 0.6 is 22.6 Å². The molecule has 2 atom stereocenters. The fourth-order valence-corrected chi connectivity index (χ4v) is 2.87. The van der Waals surface area contributed by atoms with E-state index in [0.717, 1.165) is 11.8 Å². The average Bonchev–Trinajstić information content (AvgIpc) is 2.03. The van der Waals surface area contributed by atoms with E-state index in [0.29, 0.717) is 0 Å². The third-order valence-electron chi connectivity index (χ3n) is 2.73. The molecule has 0 aromatic rings. The van der Waals surface area contributed by atoms with Crippen LogP contribution in [-0.2, 0) is 0 Å². The summed E-state index contributed by atoms with van der Waals surface area (Å²) in [6, 6.07) is 0. The van der Waals surface area contributed by atoms with Gasteiger partial charge in [0.05, 0.1) is 4.55 Å². The lowest BCUT2D eigenvalue weighted by molar-refractivity contribution is 0.117. The first kappa shape index (κ1) is 8.26. The minimum Gasteiger partial charge on any atom is -0.316 e. The predicted octanol–water partition coefficient (Wildman–Crippen LogP) is 0.920. The first-order valence-electron chi connectivity index (χ1n) is 4.37. The lowest BCUT2D eigenvalue weighted by atomic mass is 9.86. The smallest absolute Gasteiger partial charge is 0.0505 e. The number of alkyl halides is 1. The van der Waals surface area contributed by atoms with Gasteiger partial charge in [-0.3, -0.25) is 4.90 Å². The maximum absolute atomic E-state index is 3.50. The second-order valence-corrected chi connectivity index (χ2v) is 4.46. The first-order chi connectivity index (χ1) is 5.38. The SMILES string of the molecule is ICN1CC2CNCC(C2)C1. The Morgan fingerprint density at radius 3 is 2.45 bits per heavy atom. The molecule has 2 aliphatic heterocycles. The summed E-state index contributed by atoms with van der Waals surface area (Å²) in [5.74, 6) is 1.88. The highest BCUT2D eigenvalue weighted by Gasteiger charge is 2.29. The highest BCUT2D eigenvalue weighted by molar-refractivity contribution is 14.1. The minimum absolute atomic E-state index is 0.942. The van der Waals surface area contributed by atoms with Crippen molar-refractivity contribution in [3.8, 4) is 0 Å². The maximum atomic E-state index is 3.50.